The number of carbonyl (C=O) groups excluding carboxylic acids is 2. The Labute approximate surface area is 168 Å². The van der Waals surface area contributed by atoms with Gasteiger partial charge in [0.1, 0.15) is 5.82 Å². The van der Waals surface area contributed by atoms with Crippen LogP contribution in [0.4, 0.5) is 10.1 Å². The maximum absolute atomic E-state index is 13.4. The third-order valence-corrected chi connectivity index (χ3v) is 5.08. The third kappa shape index (κ3) is 3.50. The number of aromatic nitrogens is 2. The van der Waals surface area contributed by atoms with Gasteiger partial charge in [-0.2, -0.15) is 0 Å². The number of anilines is 1. The van der Waals surface area contributed by atoms with Gasteiger partial charge in [0.25, 0.3) is 11.8 Å². The number of carbonyl (C=O) groups is 2. The van der Waals surface area contributed by atoms with Gasteiger partial charge >= 0.3 is 5.69 Å². The van der Waals surface area contributed by atoms with Gasteiger partial charge in [-0.15, -0.1) is 0 Å². The summed E-state index contributed by atoms with van der Waals surface area (Å²) < 4.78 is 13.4. The third-order valence-electron chi connectivity index (χ3n) is 4.86. The highest BCUT2D eigenvalue weighted by Crippen LogP contribution is 2.30. The van der Waals surface area contributed by atoms with Crippen molar-refractivity contribution in [1.29, 1.82) is 0 Å². The number of nitrogens with zero attached hydrogens (tertiary/aromatic N) is 1. The van der Waals surface area contributed by atoms with Crippen molar-refractivity contribution in [3.05, 3.63) is 63.3 Å². The molecule has 4 rings (SSSR count). The van der Waals surface area contributed by atoms with Gasteiger partial charge in [-0.3, -0.25) is 9.59 Å². The van der Waals surface area contributed by atoms with E-state index in [1.165, 1.54) is 17.0 Å². The molecule has 29 heavy (non-hydrogen) atoms. The molecule has 2 amide bonds. The Morgan fingerprint density at radius 1 is 1.21 bits per heavy atom. The predicted octanol–water partition coefficient (Wildman–Crippen LogP) is 1.43. The predicted molar refractivity (Wildman–Crippen MR) is 104 cm³/mol. The smallest absolute Gasteiger partial charge is 0.323 e. The highest BCUT2D eigenvalue weighted by atomic mass is 35.5. The van der Waals surface area contributed by atoms with Gasteiger partial charge < -0.3 is 25.3 Å². The summed E-state index contributed by atoms with van der Waals surface area (Å²) in [7, 11) is 0. The monoisotopic (exact) mass is 418 g/mol. The minimum absolute atomic E-state index is 0.0948. The molecule has 2 heterocycles. The van der Waals surface area contributed by atoms with Crippen molar-refractivity contribution in [1.82, 2.24) is 15.3 Å². The summed E-state index contributed by atoms with van der Waals surface area (Å²) in [4.78, 5) is 43.2. The fourth-order valence-corrected chi connectivity index (χ4v) is 3.64. The number of aromatic amines is 2. The maximum atomic E-state index is 13.4. The van der Waals surface area contributed by atoms with E-state index in [-0.39, 0.29) is 30.2 Å². The normalized spacial score (nSPS) is 19.1. The Bertz CT molecular complexity index is 1170. The number of halogens is 2. The van der Waals surface area contributed by atoms with Crippen LogP contribution in [0.1, 0.15) is 12.0 Å². The number of nitrogens with one attached hydrogen (secondary N) is 3. The van der Waals surface area contributed by atoms with Crippen LogP contribution in [-0.2, 0) is 16.1 Å². The molecular formula is C19H16ClFN4O4. The summed E-state index contributed by atoms with van der Waals surface area (Å²) in [5.74, 6) is -2.20. The first kappa shape index (κ1) is 19.2. The molecule has 2 aromatic carbocycles. The SMILES string of the molecule is O=C(NCc1cc(F)cc(Cl)c1)[C@@]1(O)CCN(c2ccc3[nH]c(=O)[nH]c3c2)C1=O. The molecule has 1 aromatic heterocycles. The highest BCUT2D eigenvalue weighted by molar-refractivity contribution is 6.30. The molecule has 1 aliphatic heterocycles. The van der Waals surface area contributed by atoms with Crippen LogP contribution < -0.4 is 15.9 Å². The minimum Gasteiger partial charge on any atom is -0.372 e. The molecule has 0 radical (unpaired) electrons. The maximum Gasteiger partial charge on any atom is 0.323 e. The molecule has 150 valence electrons. The molecule has 1 atom stereocenters. The van der Waals surface area contributed by atoms with Gasteiger partial charge in [0, 0.05) is 30.2 Å². The number of H-pyrrole nitrogens is 2. The second kappa shape index (κ2) is 7.02. The number of imidazole rings is 1. The molecule has 8 nitrogen and oxygen atoms in total. The van der Waals surface area contributed by atoms with Gasteiger partial charge in [-0.25, -0.2) is 9.18 Å². The molecule has 1 fully saturated rings. The lowest BCUT2D eigenvalue weighted by atomic mass is 10.0. The molecule has 0 bridgehead atoms. The summed E-state index contributed by atoms with van der Waals surface area (Å²) in [6.07, 6.45) is -0.108. The van der Waals surface area contributed by atoms with Gasteiger partial charge in [-0.1, -0.05) is 11.6 Å². The zero-order valence-electron chi connectivity index (χ0n) is 15.0. The Morgan fingerprint density at radius 2 is 1.97 bits per heavy atom. The Morgan fingerprint density at radius 3 is 2.72 bits per heavy atom. The van der Waals surface area contributed by atoms with Crippen molar-refractivity contribution in [3.63, 3.8) is 0 Å². The van der Waals surface area contributed by atoms with Crippen LogP contribution in [0.25, 0.3) is 11.0 Å². The quantitative estimate of drug-likeness (QED) is 0.479. The van der Waals surface area contributed by atoms with E-state index < -0.39 is 23.2 Å². The number of fused-ring (bicyclic) bond motifs is 1. The zero-order chi connectivity index (χ0) is 20.8. The molecule has 3 aromatic rings. The summed E-state index contributed by atoms with van der Waals surface area (Å²) in [6, 6.07) is 8.64. The molecule has 0 spiro atoms. The molecule has 0 saturated carbocycles. The molecule has 0 unspecified atom stereocenters. The van der Waals surface area contributed by atoms with Crippen LogP contribution in [0.2, 0.25) is 5.02 Å². The number of amides is 2. The van der Waals surface area contributed by atoms with E-state index in [1.807, 2.05) is 0 Å². The van der Waals surface area contributed by atoms with Crippen molar-refractivity contribution in [3.8, 4) is 0 Å². The van der Waals surface area contributed by atoms with Gasteiger partial charge in [0.15, 0.2) is 0 Å². The van der Waals surface area contributed by atoms with Crippen molar-refractivity contribution in [2.75, 3.05) is 11.4 Å². The number of hydrogen-bond donors (Lipinski definition) is 4. The van der Waals surface area contributed by atoms with E-state index >= 15 is 0 Å². The Kier molecular flexibility index (Phi) is 4.64. The van der Waals surface area contributed by atoms with Crippen LogP contribution in [-0.4, -0.2) is 39.0 Å². The Hall–Kier alpha value is -3.17. The second-order valence-electron chi connectivity index (χ2n) is 6.84. The first-order valence-corrected chi connectivity index (χ1v) is 9.14. The lowest BCUT2D eigenvalue weighted by Crippen LogP contribution is -2.52. The first-order valence-electron chi connectivity index (χ1n) is 8.76. The number of aliphatic hydroxyl groups is 1. The summed E-state index contributed by atoms with van der Waals surface area (Å²) in [5.41, 5.74) is -0.694. The van der Waals surface area contributed by atoms with Crippen molar-refractivity contribution >= 4 is 40.1 Å². The number of rotatable bonds is 4. The van der Waals surface area contributed by atoms with E-state index in [1.54, 1.807) is 18.2 Å². The molecule has 0 aliphatic carbocycles. The van der Waals surface area contributed by atoms with Crippen LogP contribution in [0.15, 0.2) is 41.2 Å². The van der Waals surface area contributed by atoms with Gasteiger partial charge in [0.05, 0.1) is 11.0 Å². The number of hydrogen-bond acceptors (Lipinski definition) is 4. The van der Waals surface area contributed by atoms with Crippen molar-refractivity contribution in [2.24, 2.45) is 0 Å². The summed E-state index contributed by atoms with van der Waals surface area (Å²) in [6.45, 7) is 0.0250. The topological polar surface area (TPSA) is 118 Å². The Balaban J connectivity index is 1.51. The van der Waals surface area contributed by atoms with E-state index in [9.17, 15) is 23.9 Å². The minimum atomic E-state index is -2.24. The van der Waals surface area contributed by atoms with E-state index in [0.717, 1.165) is 6.07 Å². The lowest BCUT2D eigenvalue weighted by molar-refractivity contribution is -0.149. The fraction of sp³-hybridized carbons (Fsp3) is 0.211. The van der Waals surface area contributed by atoms with Crippen LogP contribution in [0.3, 0.4) is 0 Å². The van der Waals surface area contributed by atoms with Crippen molar-refractivity contribution < 1.29 is 19.1 Å². The molecule has 1 saturated heterocycles. The van der Waals surface area contributed by atoms with Crippen LogP contribution in [0.5, 0.6) is 0 Å². The zero-order valence-corrected chi connectivity index (χ0v) is 15.7. The fourth-order valence-electron chi connectivity index (χ4n) is 3.39. The highest BCUT2D eigenvalue weighted by Gasteiger charge is 2.51. The van der Waals surface area contributed by atoms with E-state index in [0.29, 0.717) is 22.3 Å². The van der Waals surface area contributed by atoms with E-state index in [4.69, 9.17) is 11.6 Å². The van der Waals surface area contributed by atoms with Crippen molar-refractivity contribution in [2.45, 2.75) is 18.6 Å². The van der Waals surface area contributed by atoms with Crippen LogP contribution in [0, 0.1) is 5.82 Å². The average molecular weight is 419 g/mol. The van der Waals surface area contributed by atoms with Gasteiger partial charge in [-0.05, 0) is 42.0 Å². The van der Waals surface area contributed by atoms with Gasteiger partial charge in [0.2, 0.25) is 5.60 Å². The largest absolute Gasteiger partial charge is 0.372 e. The summed E-state index contributed by atoms with van der Waals surface area (Å²) >= 11 is 5.79. The molecule has 4 N–H and O–H groups in total. The first-order chi connectivity index (χ1) is 13.8. The number of benzene rings is 2. The second-order valence-corrected chi connectivity index (χ2v) is 7.27. The summed E-state index contributed by atoms with van der Waals surface area (Å²) in [5, 5.41) is 13.3. The standard InChI is InChI=1S/C19H16ClFN4O4/c20-11-5-10(6-12(21)7-11)9-22-16(26)19(29)3-4-25(17(19)27)13-1-2-14-15(8-13)24-18(28)23-14/h1-2,5-8,29H,3-4,9H2,(H,22,26)(H2,23,24,28)/t19-/m0/s1. The molecular weight excluding hydrogens is 403 g/mol. The molecule has 1 aliphatic rings. The van der Waals surface area contributed by atoms with E-state index in [2.05, 4.69) is 15.3 Å². The lowest BCUT2D eigenvalue weighted by Gasteiger charge is -2.22. The average Bonchev–Trinajstić information content (AvgIpc) is 3.18. The van der Waals surface area contributed by atoms with Crippen LogP contribution >= 0.6 is 11.6 Å². The molecule has 10 heteroatoms.